The number of nitrogens with one attached hydrogen (secondary N) is 1. The van der Waals surface area contributed by atoms with E-state index >= 15 is 0 Å². The molecule has 0 radical (unpaired) electrons. The predicted molar refractivity (Wildman–Crippen MR) is 78.1 cm³/mol. The van der Waals surface area contributed by atoms with Crippen molar-refractivity contribution in [1.82, 2.24) is 14.3 Å². The van der Waals surface area contributed by atoms with Crippen molar-refractivity contribution in [3.63, 3.8) is 0 Å². The van der Waals surface area contributed by atoms with Crippen LogP contribution in [0.1, 0.15) is 0 Å². The molecule has 0 spiro atoms. The van der Waals surface area contributed by atoms with E-state index in [9.17, 15) is 14.0 Å². The Morgan fingerprint density at radius 3 is 2.86 bits per heavy atom. The lowest BCUT2D eigenvalue weighted by molar-refractivity contribution is 0.586. The van der Waals surface area contributed by atoms with Crippen LogP contribution in [0.25, 0.3) is 5.69 Å². The van der Waals surface area contributed by atoms with Gasteiger partial charge in [-0.3, -0.25) is 9.36 Å². The van der Waals surface area contributed by atoms with Gasteiger partial charge in [0, 0.05) is 19.7 Å². The number of hydrogen-bond donors (Lipinski definition) is 2. The third-order valence-electron chi connectivity index (χ3n) is 2.87. The Morgan fingerprint density at radius 1 is 1.48 bits per heavy atom. The van der Waals surface area contributed by atoms with E-state index in [4.69, 9.17) is 5.73 Å². The van der Waals surface area contributed by atoms with Crippen molar-refractivity contribution in [2.24, 2.45) is 7.05 Å². The molecular formula is C13H14FN5O2. The third kappa shape index (κ3) is 2.69. The van der Waals surface area contributed by atoms with Crippen LogP contribution in [0, 0.1) is 5.82 Å². The Kier molecular flexibility index (Phi) is 3.88. The van der Waals surface area contributed by atoms with Crippen LogP contribution in [-0.4, -0.2) is 20.9 Å². The fraction of sp³-hybridized carbons (Fsp3) is 0.154. The topological polar surface area (TPSA) is 94.9 Å². The lowest BCUT2D eigenvalue weighted by Gasteiger charge is -2.12. The molecule has 21 heavy (non-hydrogen) atoms. The van der Waals surface area contributed by atoms with E-state index in [1.807, 2.05) is 0 Å². The maximum atomic E-state index is 14.0. The van der Waals surface area contributed by atoms with Gasteiger partial charge in [-0.1, -0.05) is 6.08 Å². The summed E-state index contributed by atoms with van der Waals surface area (Å²) in [6.07, 6.45) is 2.55. The molecule has 110 valence electrons. The third-order valence-corrected chi connectivity index (χ3v) is 2.87. The summed E-state index contributed by atoms with van der Waals surface area (Å²) in [7, 11) is 1.29. The highest BCUT2D eigenvalue weighted by molar-refractivity contribution is 5.69. The molecule has 8 heteroatoms. The zero-order valence-corrected chi connectivity index (χ0v) is 11.3. The normalized spacial score (nSPS) is 10.4. The van der Waals surface area contributed by atoms with Gasteiger partial charge >= 0.3 is 5.69 Å². The van der Waals surface area contributed by atoms with Crippen LogP contribution in [0.4, 0.5) is 15.8 Å². The fourth-order valence-corrected chi connectivity index (χ4v) is 1.72. The Balaban J connectivity index is 2.64. The minimum Gasteiger partial charge on any atom is -0.397 e. The highest BCUT2D eigenvalue weighted by atomic mass is 19.1. The largest absolute Gasteiger partial charge is 0.397 e. The SMILES string of the molecule is C=CCNc1cc(-n2ncc(=O)n(C)c2=O)c(F)cc1N. The summed E-state index contributed by atoms with van der Waals surface area (Å²) in [6.45, 7) is 3.98. The molecule has 0 saturated carbocycles. The molecule has 1 aromatic heterocycles. The number of nitrogens with two attached hydrogens (primary N) is 1. The van der Waals surface area contributed by atoms with Gasteiger partial charge in [0.25, 0.3) is 5.56 Å². The second-order valence-corrected chi connectivity index (χ2v) is 4.30. The summed E-state index contributed by atoms with van der Waals surface area (Å²) in [4.78, 5) is 23.3. The van der Waals surface area contributed by atoms with Crippen LogP contribution in [0.2, 0.25) is 0 Å². The summed E-state index contributed by atoms with van der Waals surface area (Å²) in [5.41, 5.74) is 4.91. The summed E-state index contributed by atoms with van der Waals surface area (Å²) in [5.74, 6) is -0.718. The Hall–Kier alpha value is -2.90. The molecule has 2 rings (SSSR count). The van der Waals surface area contributed by atoms with Crippen LogP contribution < -0.4 is 22.3 Å². The first-order chi connectivity index (χ1) is 9.95. The molecule has 0 aliphatic heterocycles. The molecule has 3 N–H and O–H groups in total. The Labute approximate surface area is 119 Å². The molecule has 2 aromatic rings. The maximum Gasteiger partial charge on any atom is 0.352 e. The molecule has 0 atom stereocenters. The number of hydrogen-bond acceptors (Lipinski definition) is 5. The Morgan fingerprint density at radius 2 is 2.19 bits per heavy atom. The van der Waals surface area contributed by atoms with Crippen LogP contribution in [0.5, 0.6) is 0 Å². The van der Waals surface area contributed by atoms with E-state index in [0.29, 0.717) is 12.2 Å². The van der Waals surface area contributed by atoms with Gasteiger partial charge in [-0.2, -0.15) is 9.78 Å². The summed E-state index contributed by atoms with van der Waals surface area (Å²) in [6, 6.07) is 2.44. The number of nitrogen functional groups attached to an aromatic ring is 1. The van der Waals surface area contributed by atoms with E-state index in [1.165, 1.54) is 13.1 Å². The molecule has 0 unspecified atom stereocenters. The minimum absolute atomic E-state index is 0.101. The first kappa shape index (κ1) is 14.5. The first-order valence-corrected chi connectivity index (χ1v) is 6.05. The van der Waals surface area contributed by atoms with Crippen LogP contribution in [0.15, 0.2) is 40.6 Å². The minimum atomic E-state index is -0.749. The number of halogens is 1. The van der Waals surface area contributed by atoms with E-state index in [-0.39, 0.29) is 11.4 Å². The number of aromatic nitrogens is 3. The van der Waals surface area contributed by atoms with Crippen molar-refractivity contribution in [3.05, 3.63) is 57.6 Å². The number of benzene rings is 1. The average molecular weight is 291 g/mol. The van der Waals surface area contributed by atoms with E-state index < -0.39 is 17.1 Å². The lowest BCUT2D eigenvalue weighted by atomic mass is 10.2. The summed E-state index contributed by atoms with van der Waals surface area (Å²) < 4.78 is 15.7. The smallest absolute Gasteiger partial charge is 0.352 e. The molecule has 1 heterocycles. The molecule has 1 aromatic carbocycles. The van der Waals surface area contributed by atoms with Gasteiger partial charge in [0.1, 0.15) is 11.9 Å². The van der Waals surface area contributed by atoms with Crippen LogP contribution in [0.3, 0.4) is 0 Å². The standard InChI is InChI=1S/C13H14FN5O2/c1-3-4-16-10-6-11(8(14)5-9(10)15)19-13(21)18(2)12(20)7-17-19/h3,5-7,16H,1,4,15H2,2H3. The second kappa shape index (κ2) is 5.61. The number of rotatable bonds is 4. The molecule has 0 aliphatic rings. The van der Waals surface area contributed by atoms with Crippen molar-refractivity contribution in [2.45, 2.75) is 0 Å². The quantitative estimate of drug-likeness (QED) is 0.622. The van der Waals surface area contributed by atoms with Crippen molar-refractivity contribution < 1.29 is 4.39 Å². The average Bonchev–Trinajstić information content (AvgIpc) is 2.45. The van der Waals surface area contributed by atoms with E-state index in [1.54, 1.807) is 6.08 Å². The zero-order valence-electron chi connectivity index (χ0n) is 11.3. The molecule has 0 saturated heterocycles. The second-order valence-electron chi connectivity index (χ2n) is 4.30. The van der Waals surface area contributed by atoms with E-state index in [2.05, 4.69) is 17.0 Å². The van der Waals surface area contributed by atoms with Gasteiger partial charge in [0.05, 0.1) is 11.4 Å². The van der Waals surface area contributed by atoms with Crippen molar-refractivity contribution in [1.29, 1.82) is 0 Å². The first-order valence-electron chi connectivity index (χ1n) is 6.05. The highest BCUT2D eigenvalue weighted by Gasteiger charge is 2.13. The molecule has 0 aliphatic carbocycles. The fourth-order valence-electron chi connectivity index (χ4n) is 1.72. The van der Waals surface area contributed by atoms with Gasteiger partial charge < -0.3 is 11.1 Å². The maximum absolute atomic E-state index is 14.0. The van der Waals surface area contributed by atoms with Crippen molar-refractivity contribution in [3.8, 4) is 5.69 Å². The van der Waals surface area contributed by atoms with Gasteiger partial charge in [-0.25, -0.2) is 9.18 Å². The molecule has 7 nitrogen and oxygen atoms in total. The predicted octanol–water partition coefficient (Wildman–Crippen LogP) is 0.250. The Bertz CT molecular complexity index is 809. The molecular weight excluding hydrogens is 277 g/mol. The summed E-state index contributed by atoms with van der Waals surface area (Å²) in [5, 5.41) is 6.59. The summed E-state index contributed by atoms with van der Waals surface area (Å²) >= 11 is 0. The monoisotopic (exact) mass is 291 g/mol. The molecule has 0 amide bonds. The highest BCUT2D eigenvalue weighted by Crippen LogP contribution is 2.24. The van der Waals surface area contributed by atoms with Crippen LogP contribution >= 0.6 is 0 Å². The lowest BCUT2D eigenvalue weighted by Crippen LogP contribution is -2.38. The van der Waals surface area contributed by atoms with Gasteiger partial charge in [0.2, 0.25) is 0 Å². The van der Waals surface area contributed by atoms with Gasteiger partial charge in [-0.15, -0.1) is 6.58 Å². The number of anilines is 2. The molecule has 0 bridgehead atoms. The van der Waals surface area contributed by atoms with Crippen LogP contribution in [-0.2, 0) is 7.05 Å². The van der Waals surface area contributed by atoms with Crippen molar-refractivity contribution in [2.75, 3.05) is 17.6 Å². The van der Waals surface area contributed by atoms with Gasteiger partial charge in [0.15, 0.2) is 5.82 Å². The van der Waals surface area contributed by atoms with Crippen molar-refractivity contribution >= 4 is 11.4 Å². The molecule has 0 fully saturated rings. The zero-order chi connectivity index (χ0) is 15.6. The number of nitrogens with zero attached hydrogens (tertiary/aromatic N) is 3. The van der Waals surface area contributed by atoms with E-state index in [0.717, 1.165) is 21.5 Å². The van der Waals surface area contributed by atoms with Gasteiger partial charge in [-0.05, 0) is 6.07 Å².